The van der Waals surface area contributed by atoms with E-state index < -0.39 is 11.6 Å². The molecule has 1 aliphatic rings. The molecule has 1 aromatic rings. The Balaban J connectivity index is 2.23. The normalized spacial score (nSPS) is 23.5. The summed E-state index contributed by atoms with van der Waals surface area (Å²) in [7, 11) is 0. The van der Waals surface area contributed by atoms with Crippen LogP contribution >= 0.6 is 0 Å². The highest BCUT2D eigenvalue weighted by atomic mass is 19.1. The van der Waals surface area contributed by atoms with E-state index in [1.54, 1.807) is 4.90 Å². The zero-order chi connectivity index (χ0) is 14.2. The number of rotatable bonds is 1. The molecular weight excluding hydrogens is 250 g/mol. The van der Waals surface area contributed by atoms with E-state index in [2.05, 4.69) is 0 Å². The number of carbonyl (C=O) groups excluding carboxylic acids is 1. The molecule has 1 heterocycles. The molecule has 5 heteroatoms. The van der Waals surface area contributed by atoms with Crippen molar-refractivity contribution in [3.63, 3.8) is 0 Å². The summed E-state index contributed by atoms with van der Waals surface area (Å²) in [5.41, 5.74) is 6.09. The highest BCUT2D eigenvalue weighted by molar-refractivity contribution is 5.94. The Labute approximate surface area is 111 Å². The van der Waals surface area contributed by atoms with Crippen molar-refractivity contribution in [3.05, 3.63) is 34.9 Å². The van der Waals surface area contributed by atoms with Crippen molar-refractivity contribution in [1.82, 2.24) is 4.90 Å². The maximum absolute atomic E-state index is 13.7. The van der Waals surface area contributed by atoms with E-state index in [1.807, 2.05) is 6.92 Å². The van der Waals surface area contributed by atoms with Crippen LogP contribution in [0, 0.1) is 24.5 Å². The molecule has 1 aliphatic heterocycles. The Morgan fingerprint density at radius 2 is 2.05 bits per heavy atom. The zero-order valence-corrected chi connectivity index (χ0v) is 11.1. The van der Waals surface area contributed by atoms with Crippen LogP contribution < -0.4 is 5.73 Å². The molecular formula is C14H18F2N2O. The van der Waals surface area contributed by atoms with Crippen molar-refractivity contribution in [2.24, 2.45) is 11.7 Å². The summed E-state index contributed by atoms with van der Waals surface area (Å²) in [4.78, 5) is 13.8. The molecule has 104 valence electrons. The maximum Gasteiger partial charge on any atom is 0.256 e. The zero-order valence-electron chi connectivity index (χ0n) is 11.1. The quantitative estimate of drug-likeness (QED) is 0.847. The second-order valence-corrected chi connectivity index (χ2v) is 5.26. The summed E-state index contributed by atoms with van der Waals surface area (Å²) >= 11 is 0. The number of likely N-dealkylation sites (tertiary alicyclic amines) is 1. The fourth-order valence-electron chi connectivity index (χ4n) is 2.34. The molecule has 0 bridgehead atoms. The third-order valence-corrected chi connectivity index (χ3v) is 3.74. The number of hydrogen-bond donors (Lipinski definition) is 1. The van der Waals surface area contributed by atoms with Crippen LogP contribution in [0.3, 0.4) is 0 Å². The molecule has 0 radical (unpaired) electrons. The molecule has 2 N–H and O–H groups in total. The van der Waals surface area contributed by atoms with Gasteiger partial charge in [-0.15, -0.1) is 0 Å². The Hall–Kier alpha value is -1.49. The number of benzene rings is 1. The van der Waals surface area contributed by atoms with E-state index in [-0.39, 0.29) is 29.0 Å². The SMILES string of the molecule is Cc1cc(C(=O)N2CCC(N)C(C)C2)c(F)cc1F. The minimum absolute atomic E-state index is 0.0680. The smallest absolute Gasteiger partial charge is 0.256 e. The van der Waals surface area contributed by atoms with Crippen LogP contribution in [0.4, 0.5) is 8.78 Å². The van der Waals surface area contributed by atoms with E-state index in [9.17, 15) is 13.6 Å². The lowest BCUT2D eigenvalue weighted by Crippen LogP contribution is -2.48. The van der Waals surface area contributed by atoms with Crippen molar-refractivity contribution in [2.75, 3.05) is 13.1 Å². The van der Waals surface area contributed by atoms with Gasteiger partial charge in [-0.2, -0.15) is 0 Å². The minimum Gasteiger partial charge on any atom is -0.338 e. The third-order valence-electron chi connectivity index (χ3n) is 3.74. The first-order valence-electron chi connectivity index (χ1n) is 6.40. The van der Waals surface area contributed by atoms with Crippen molar-refractivity contribution in [1.29, 1.82) is 0 Å². The lowest BCUT2D eigenvalue weighted by atomic mass is 9.94. The number of carbonyl (C=O) groups is 1. The number of piperidine rings is 1. The molecule has 1 amide bonds. The second kappa shape index (κ2) is 5.25. The summed E-state index contributed by atoms with van der Waals surface area (Å²) in [5, 5.41) is 0. The average molecular weight is 268 g/mol. The standard InChI is InChI=1S/C14H18F2N2O/c1-8-5-10(12(16)6-11(8)15)14(19)18-4-3-13(17)9(2)7-18/h5-6,9,13H,3-4,7,17H2,1-2H3. The van der Waals surface area contributed by atoms with Gasteiger partial charge >= 0.3 is 0 Å². The average Bonchev–Trinajstić information content (AvgIpc) is 2.36. The van der Waals surface area contributed by atoms with Crippen LogP contribution in [0.15, 0.2) is 12.1 Å². The first-order chi connectivity index (χ1) is 8.90. The summed E-state index contributed by atoms with van der Waals surface area (Å²) in [5.74, 6) is -1.65. The summed E-state index contributed by atoms with van der Waals surface area (Å²) in [6, 6.07) is 2.11. The van der Waals surface area contributed by atoms with Gasteiger partial charge in [-0.05, 0) is 30.9 Å². The molecule has 2 atom stereocenters. The van der Waals surface area contributed by atoms with Crippen LogP contribution in [-0.2, 0) is 0 Å². The Morgan fingerprint density at radius 1 is 1.37 bits per heavy atom. The molecule has 1 aromatic carbocycles. The van der Waals surface area contributed by atoms with E-state index in [0.717, 1.165) is 6.07 Å². The van der Waals surface area contributed by atoms with Gasteiger partial charge in [0.1, 0.15) is 11.6 Å². The van der Waals surface area contributed by atoms with E-state index >= 15 is 0 Å². The van der Waals surface area contributed by atoms with Crippen LogP contribution in [-0.4, -0.2) is 29.9 Å². The lowest BCUT2D eigenvalue weighted by molar-refractivity contribution is 0.0659. The predicted octanol–water partition coefficient (Wildman–Crippen LogP) is 2.08. The van der Waals surface area contributed by atoms with Gasteiger partial charge in [0.2, 0.25) is 0 Å². The van der Waals surface area contributed by atoms with Crippen LogP contribution in [0.5, 0.6) is 0 Å². The Bertz CT molecular complexity index is 504. The van der Waals surface area contributed by atoms with Gasteiger partial charge in [-0.1, -0.05) is 6.92 Å². The number of amides is 1. The van der Waals surface area contributed by atoms with E-state index in [0.29, 0.717) is 19.5 Å². The van der Waals surface area contributed by atoms with Crippen LogP contribution in [0.2, 0.25) is 0 Å². The third kappa shape index (κ3) is 2.76. The molecule has 0 spiro atoms. The molecule has 2 unspecified atom stereocenters. The highest BCUT2D eigenvalue weighted by Crippen LogP contribution is 2.20. The molecule has 3 nitrogen and oxygen atoms in total. The highest BCUT2D eigenvalue weighted by Gasteiger charge is 2.28. The molecule has 19 heavy (non-hydrogen) atoms. The largest absolute Gasteiger partial charge is 0.338 e. The monoisotopic (exact) mass is 268 g/mol. The first kappa shape index (κ1) is 13.9. The molecule has 0 aromatic heterocycles. The van der Waals surface area contributed by atoms with Crippen molar-refractivity contribution in [3.8, 4) is 0 Å². The second-order valence-electron chi connectivity index (χ2n) is 5.26. The fourth-order valence-corrected chi connectivity index (χ4v) is 2.34. The van der Waals surface area contributed by atoms with Crippen LogP contribution in [0.1, 0.15) is 29.3 Å². The predicted molar refractivity (Wildman–Crippen MR) is 68.8 cm³/mol. The number of aryl methyl sites for hydroxylation is 1. The number of halogens is 2. The Kier molecular flexibility index (Phi) is 3.85. The number of nitrogens with two attached hydrogens (primary N) is 1. The molecule has 1 saturated heterocycles. The molecule has 1 fully saturated rings. The number of hydrogen-bond acceptors (Lipinski definition) is 2. The molecule has 2 rings (SSSR count). The first-order valence-corrected chi connectivity index (χ1v) is 6.40. The van der Waals surface area contributed by atoms with Gasteiger partial charge in [0, 0.05) is 25.2 Å². The van der Waals surface area contributed by atoms with Gasteiger partial charge in [-0.3, -0.25) is 4.79 Å². The topological polar surface area (TPSA) is 46.3 Å². The van der Waals surface area contributed by atoms with Gasteiger partial charge < -0.3 is 10.6 Å². The minimum atomic E-state index is -0.810. The molecule has 0 aliphatic carbocycles. The van der Waals surface area contributed by atoms with Crippen LogP contribution in [0.25, 0.3) is 0 Å². The van der Waals surface area contributed by atoms with Gasteiger partial charge in [-0.25, -0.2) is 8.78 Å². The van der Waals surface area contributed by atoms with Crippen molar-refractivity contribution in [2.45, 2.75) is 26.3 Å². The number of nitrogens with zero attached hydrogens (tertiary/aromatic N) is 1. The van der Waals surface area contributed by atoms with Gasteiger partial charge in [0.05, 0.1) is 5.56 Å². The van der Waals surface area contributed by atoms with Gasteiger partial charge in [0.25, 0.3) is 5.91 Å². The summed E-state index contributed by atoms with van der Waals surface area (Å²) in [6.45, 7) is 4.51. The summed E-state index contributed by atoms with van der Waals surface area (Å²) in [6.07, 6.45) is 0.703. The van der Waals surface area contributed by atoms with Crippen molar-refractivity contribution < 1.29 is 13.6 Å². The summed E-state index contributed by atoms with van der Waals surface area (Å²) < 4.78 is 26.9. The fraction of sp³-hybridized carbons (Fsp3) is 0.500. The maximum atomic E-state index is 13.7. The van der Waals surface area contributed by atoms with E-state index in [1.165, 1.54) is 13.0 Å². The molecule has 0 saturated carbocycles. The van der Waals surface area contributed by atoms with E-state index in [4.69, 9.17) is 5.73 Å². The van der Waals surface area contributed by atoms with Gasteiger partial charge in [0.15, 0.2) is 0 Å². The Morgan fingerprint density at radius 3 is 2.68 bits per heavy atom. The lowest BCUT2D eigenvalue weighted by Gasteiger charge is -2.35. The van der Waals surface area contributed by atoms with Crippen molar-refractivity contribution >= 4 is 5.91 Å².